The van der Waals surface area contributed by atoms with Crippen LogP contribution in [0.3, 0.4) is 0 Å². The molecule has 2 heterocycles. The highest BCUT2D eigenvalue weighted by Gasteiger charge is 2.14. The lowest BCUT2D eigenvalue weighted by Crippen LogP contribution is -2.38. The molecule has 2 aromatic rings. The van der Waals surface area contributed by atoms with Gasteiger partial charge < -0.3 is 10.6 Å². The van der Waals surface area contributed by atoms with Gasteiger partial charge in [-0.3, -0.25) is 9.89 Å². The van der Waals surface area contributed by atoms with Crippen molar-refractivity contribution in [3.8, 4) is 0 Å². The van der Waals surface area contributed by atoms with Gasteiger partial charge in [0.2, 0.25) is 0 Å². The van der Waals surface area contributed by atoms with E-state index in [1.165, 1.54) is 27.4 Å². The van der Waals surface area contributed by atoms with E-state index >= 15 is 0 Å². The molecule has 0 radical (unpaired) electrons. The Morgan fingerprint density at radius 3 is 2.79 bits per heavy atom. The number of thiazole rings is 1. The number of guanidine groups is 1. The smallest absolute Gasteiger partial charge is 0.191 e. The summed E-state index contributed by atoms with van der Waals surface area (Å²) in [4.78, 5) is 13.1. The Bertz CT molecular complexity index is 761. The van der Waals surface area contributed by atoms with Crippen LogP contribution in [-0.4, -0.2) is 48.6 Å². The zero-order chi connectivity index (χ0) is 19.6. The first-order valence-corrected chi connectivity index (χ1v) is 11.3. The fraction of sp³-hybridized carbons (Fsp3) is 0.545. The number of hydrogen-bond acceptors (Lipinski definition) is 4. The van der Waals surface area contributed by atoms with Gasteiger partial charge in [-0.25, -0.2) is 4.98 Å². The Morgan fingerprint density at radius 2 is 2.03 bits per heavy atom. The Morgan fingerprint density at radius 1 is 1.21 bits per heavy atom. The van der Waals surface area contributed by atoms with E-state index in [9.17, 15) is 0 Å². The molecule has 0 fully saturated rings. The standard InChI is InChI=1S/C22H33N5S.HI/c1-3-20-16-26-21(28-20)10-13-25-22(23-4-2)24-12-7-14-27-15-11-18-8-5-6-9-19(18)17-27;/h5-6,8-9,16H,3-4,7,10-15,17H2,1-2H3,(H2,23,24,25);1H. The van der Waals surface area contributed by atoms with Gasteiger partial charge in [-0.15, -0.1) is 35.3 Å². The second-order valence-corrected chi connectivity index (χ2v) is 8.36. The quantitative estimate of drug-likeness (QED) is 0.225. The summed E-state index contributed by atoms with van der Waals surface area (Å²) < 4.78 is 0. The van der Waals surface area contributed by atoms with Crippen molar-refractivity contribution in [2.75, 3.05) is 32.7 Å². The van der Waals surface area contributed by atoms with Crippen LogP contribution in [0.2, 0.25) is 0 Å². The number of benzene rings is 1. The Hall–Kier alpha value is -1.19. The van der Waals surface area contributed by atoms with Crippen LogP contribution in [0.5, 0.6) is 0 Å². The van der Waals surface area contributed by atoms with E-state index in [1.54, 1.807) is 0 Å². The van der Waals surface area contributed by atoms with Gasteiger partial charge in [0.05, 0.1) is 5.01 Å². The molecule has 2 N–H and O–H groups in total. The number of nitrogens with zero attached hydrogens (tertiary/aromatic N) is 3. The molecule has 0 spiro atoms. The van der Waals surface area contributed by atoms with E-state index < -0.39 is 0 Å². The highest BCUT2D eigenvalue weighted by atomic mass is 127. The molecular formula is C22H34IN5S. The molecule has 0 amide bonds. The minimum Gasteiger partial charge on any atom is -0.357 e. The number of rotatable bonds is 9. The van der Waals surface area contributed by atoms with E-state index in [2.05, 4.69) is 58.6 Å². The van der Waals surface area contributed by atoms with Crippen LogP contribution in [-0.2, 0) is 25.8 Å². The zero-order valence-electron chi connectivity index (χ0n) is 17.6. The summed E-state index contributed by atoms with van der Waals surface area (Å²) in [6, 6.07) is 8.82. The topological polar surface area (TPSA) is 52.6 Å². The van der Waals surface area contributed by atoms with Crippen molar-refractivity contribution >= 4 is 41.3 Å². The van der Waals surface area contributed by atoms with E-state index in [1.807, 2.05) is 17.5 Å². The lowest BCUT2D eigenvalue weighted by molar-refractivity contribution is 0.252. The summed E-state index contributed by atoms with van der Waals surface area (Å²) >= 11 is 1.81. The summed E-state index contributed by atoms with van der Waals surface area (Å²) in [5.74, 6) is 0.916. The van der Waals surface area contributed by atoms with Crippen molar-refractivity contribution in [3.05, 3.63) is 51.5 Å². The Balaban J connectivity index is 0.00000300. The maximum Gasteiger partial charge on any atom is 0.191 e. The van der Waals surface area contributed by atoms with Crippen molar-refractivity contribution < 1.29 is 0 Å². The Kier molecular flexibility index (Phi) is 10.9. The molecule has 160 valence electrons. The second-order valence-electron chi connectivity index (χ2n) is 7.16. The third kappa shape index (κ3) is 7.86. The van der Waals surface area contributed by atoms with Crippen LogP contribution in [0.15, 0.2) is 35.5 Å². The van der Waals surface area contributed by atoms with Gasteiger partial charge in [-0.2, -0.15) is 0 Å². The molecule has 1 aromatic heterocycles. The van der Waals surface area contributed by atoms with Crippen LogP contribution in [0.1, 0.15) is 41.3 Å². The number of halogens is 1. The monoisotopic (exact) mass is 527 g/mol. The Labute approximate surface area is 196 Å². The van der Waals surface area contributed by atoms with Gasteiger partial charge in [-0.05, 0) is 37.3 Å². The molecule has 0 saturated heterocycles. The molecule has 0 bridgehead atoms. The maximum atomic E-state index is 4.75. The molecule has 3 rings (SSSR count). The molecule has 1 aliphatic heterocycles. The fourth-order valence-electron chi connectivity index (χ4n) is 3.49. The predicted octanol–water partition coefficient (Wildman–Crippen LogP) is 3.87. The normalized spacial score (nSPS) is 14.2. The van der Waals surface area contributed by atoms with Crippen LogP contribution in [0.4, 0.5) is 0 Å². The highest BCUT2D eigenvalue weighted by Crippen LogP contribution is 2.18. The molecule has 0 aliphatic carbocycles. The van der Waals surface area contributed by atoms with Crippen LogP contribution in [0, 0.1) is 0 Å². The summed E-state index contributed by atoms with van der Waals surface area (Å²) in [5, 5.41) is 7.98. The molecule has 5 nitrogen and oxygen atoms in total. The highest BCUT2D eigenvalue weighted by molar-refractivity contribution is 14.0. The van der Waals surface area contributed by atoms with Crippen LogP contribution in [0.25, 0.3) is 0 Å². The first-order valence-electron chi connectivity index (χ1n) is 10.5. The molecule has 0 unspecified atom stereocenters. The maximum absolute atomic E-state index is 4.75. The minimum absolute atomic E-state index is 0. The third-order valence-corrected chi connectivity index (χ3v) is 6.24. The third-order valence-electron chi connectivity index (χ3n) is 5.04. The molecule has 1 aromatic carbocycles. The fourth-order valence-corrected chi connectivity index (χ4v) is 4.35. The number of aromatic nitrogens is 1. The van der Waals surface area contributed by atoms with E-state index in [0.717, 1.165) is 64.5 Å². The average molecular weight is 528 g/mol. The summed E-state index contributed by atoms with van der Waals surface area (Å²) in [6.45, 7) is 10.2. The zero-order valence-corrected chi connectivity index (χ0v) is 20.8. The predicted molar refractivity (Wildman–Crippen MR) is 135 cm³/mol. The summed E-state index contributed by atoms with van der Waals surface area (Å²) in [6.07, 6.45) is 6.27. The average Bonchev–Trinajstić information content (AvgIpc) is 3.19. The number of fused-ring (bicyclic) bond motifs is 1. The van der Waals surface area contributed by atoms with Gasteiger partial charge in [0, 0.05) is 56.8 Å². The largest absolute Gasteiger partial charge is 0.357 e. The SMILES string of the molecule is CCNC(=NCCCN1CCc2ccccc2C1)NCCc1ncc(CC)s1.I. The van der Waals surface area contributed by atoms with Crippen molar-refractivity contribution in [3.63, 3.8) is 0 Å². The van der Waals surface area contributed by atoms with Crippen LogP contribution >= 0.6 is 35.3 Å². The number of nitrogens with one attached hydrogen (secondary N) is 2. The number of aliphatic imine (C=N–C) groups is 1. The van der Waals surface area contributed by atoms with E-state index in [0.29, 0.717) is 0 Å². The molecule has 0 atom stereocenters. The van der Waals surface area contributed by atoms with Crippen molar-refractivity contribution in [1.29, 1.82) is 0 Å². The summed E-state index contributed by atoms with van der Waals surface area (Å²) in [5.41, 5.74) is 3.00. The molecule has 7 heteroatoms. The lowest BCUT2D eigenvalue weighted by Gasteiger charge is -2.28. The minimum atomic E-state index is 0. The van der Waals surface area contributed by atoms with Gasteiger partial charge in [0.1, 0.15) is 0 Å². The second kappa shape index (κ2) is 13.2. The van der Waals surface area contributed by atoms with Gasteiger partial charge >= 0.3 is 0 Å². The van der Waals surface area contributed by atoms with Gasteiger partial charge in [-0.1, -0.05) is 31.2 Å². The summed E-state index contributed by atoms with van der Waals surface area (Å²) in [7, 11) is 0. The van der Waals surface area contributed by atoms with Gasteiger partial charge in [0.15, 0.2) is 5.96 Å². The molecule has 1 aliphatic rings. The first-order chi connectivity index (χ1) is 13.8. The first kappa shape index (κ1) is 24.1. The number of hydrogen-bond donors (Lipinski definition) is 2. The molecule has 29 heavy (non-hydrogen) atoms. The van der Waals surface area contributed by atoms with E-state index in [4.69, 9.17) is 4.99 Å². The van der Waals surface area contributed by atoms with E-state index in [-0.39, 0.29) is 24.0 Å². The van der Waals surface area contributed by atoms with Crippen molar-refractivity contribution in [2.24, 2.45) is 4.99 Å². The van der Waals surface area contributed by atoms with Crippen molar-refractivity contribution in [1.82, 2.24) is 20.5 Å². The van der Waals surface area contributed by atoms with Crippen molar-refractivity contribution in [2.45, 2.75) is 46.1 Å². The van der Waals surface area contributed by atoms with Crippen LogP contribution < -0.4 is 10.6 Å². The molecular weight excluding hydrogens is 493 g/mol. The lowest BCUT2D eigenvalue weighted by atomic mass is 10.00. The van der Waals surface area contributed by atoms with Gasteiger partial charge in [0.25, 0.3) is 0 Å². The number of aryl methyl sites for hydroxylation is 1. The molecule has 0 saturated carbocycles.